The minimum absolute atomic E-state index is 0.140. The van der Waals surface area contributed by atoms with Gasteiger partial charge in [0.25, 0.3) is 5.56 Å². The highest BCUT2D eigenvalue weighted by atomic mass is 127. The second-order valence-corrected chi connectivity index (χ2v) is 6.47. The first-order valence-electron chi connectivity index (χ1n) is 7.51. The van der Waals surface area contributed by atoms with Crippen LogP contribution in [0, 0.1) is 10.5 Å². The first kappa shape index (κ1) is 16.7. The van der Waals surface area contributed by atoms with E-state index in [2.05, 4.69) is 29.5 Å². The highest BCUT2D eigenvalue weighted by molar-refractivity contribution is 14.1. The number of hydrogen-bond donors (Lipinski definition) is 0. The Morgan fingerprint density at radius 1 is 1.05 bits per heavy atom. The first-order chi connectivity index (χ1) is 9.15. The van der Waals surface area contributed by atoms with E-state index in [1.165, 1.54) is 48.5 Å². The van der Waals surface area contributed by atoms with E-state index in [9.17, 15) is 4.79 Å². The second kappa shape index (κ2) is 9.56. The molecule has 3 heteroatoms. The van der Waals surface area contributed by atoms with Crippen molar-refractivity contribution in [1.82, 2.24) is 4.57 Å². The van der Waals surface area contributed by atoms with Crippen molar-refractivity contribution in [2.75, 3.05) is 0 Å². The number of aryl methyl sites for hydroxylation is 2. The fraction of sp³-hybridized carbons (Fsp3) is 0.688. The maximum Gasteiger partial charge on any atom is 0.250 e. The van der Waals surface area contributed by atoms with E-state index in [-0.39, 0.29) is 5.56 Å². The van der Waals surface area contributed by atoms with E-state index < -0.39 is 0 Å². The van der Waals surface area contributed by atoms with Gasteiger partial charge < -0.3 is 4.57 Å². The molecule has 1 aromatic heterocycles. The standard InChI is InChI=1S/C16H26INO/c1-3-4-5-6-7-8-9-10-11-18-13-15(17)14(2)12-16(18)19/h12-13H,3-11H2,1-2H3. The molecule has 0 bridgehead atoms. The quantitative estimate of drug-likeness (QED) is 0.444. The van der Waals surface area contributed by atoms with Crippen LogP contribution in [-0.4, -0.2) is 4.57 Å². The van der Waals surface area contributed by atoms with Gasteiger partial charge in [-0.05, 0) is 41.5 Å². The molecule has 0 saturated carbocycles. The molecule has 0 saturated heterocycles. The zero-order chi connectivity index (χ0) is 14.1. The maximum absolute atomic E-state index is 11.8. The van der Waals surface area contributed by atoms with Crippen molar-refractivity contribution in [3.63, 3.8) is 0 Å². The number of halogens is 1. The van der Waals surface area contributed by atoms with Crippen molar-refractivity contribution in [3.05, 3.63) is 31.8 Å². The predicted molar refractivity (Wildman–Crippen MR) is 90.8 cm³/mol. The lowest BCUT2D eigenvalue weighted by molar-refractivity contribution is 0.537. The van der Waals surface area contributed by atoms with E-state index in [4.69, 9.17) is 0 Å². The second-order valence-electron chi connectivity index (χ2n) is 5.31. The van der Waals surface area contributed by atoms with Gasteiger partial charge in [-0.2, -0.15) is 0 Å². The first-order valence-corrected chi connectivity index (χ1v) is 8.59. The number of pyridine rings is 1. The van der Waals surface area contributed by atoms with Crippen LogP contribution in [0.2, 0.25) is 0 Å². The third-order valence-electron chi connectivity index (χ3n) is 3.52. The van der Waals surface area contributed by atoms with E-state index >= 15 is 0 Å². The molecule has 1 heterocycles. The van der Waals surface area contributed by atoms with Crippen LogP contribution in [0.4, 0.5) is 0 Å². The number of hydrogen-bond acceptors (Lipinski definition) is 1. The smallest absolute Gasteiger partial charge is 0.250 e. The largest absolute Gasteiger partial charge is 0.314 e. The molecule has 2 nitrogen and oxygen atoms in total. The summed E-state index contributed by atoms with van der Waals surface area (Å²) >= 11 is 2.29. The van der Waals surface area contributed by atoms with E-state index in [1.807, 2.05) is 17.7 Å². The highest BCUT2D eigenvalue weighted by Gasteiger charge is 2.00. The van der Waals surface area contributed by atoms with Gasteiger partial charge in [0.05, 0.1) is 0 Å². The molecule has 0 amide bonds. The molecular formula is C16H26INO. The number of rotatable bonds is 9. The molecule has 0 spiro atoms. The Balaban J connectivity index is 2.19. The average molecular weight is 375 g/mol. The third kappa shape index (κ3) is 6.59. The number of unbranched alkanes of at least 4 members (excludes halogenated alkanes) is 7. The van der Waals surface area contributed by atoms with Crippen molar-refractivity contribution in [2.45, 2.75) is 71.8 Å². The monoisotopic (exact) mass is 375 g/mol. The molecule has 0 aliphatic rings. The lowest BCUT2D eigenvalue weighted by Gasteiger charge is -2.07. The minimum Gasteiger partial charge on any atom is -0.314 e. The molecule has 19 heavy (non-hydrogen) atoms. The molecule has 1 aromatic rings. The Morgan fingerprint density at radius 3 is 2.26 bits per heavy atom. The fourth-order valence-electron chi connectivity index (χ4n) is 2.23. The summed E-state index contributed by atoms with van der Waals surface area (Å²) in [6.45, 7) is 5.11. The third-order valence-corrected chi connectivity index (χ3v) is 4.65. The summed E-state index contributed by atoms with van der Waals surface area (Å²) in [5.74, 6) is 0. The Hall–Kier alpha value is -0.320. The van der Waals surface area contributed by atoms with Gasteiger partial charge in [-0.25, -0.2) is 0 Å². The van der Waals surface area contributed by atoms with Crippen LogP contribution in [0.3, 0.4) is 0 Å². The Bertz CT molecular complexity index is 425. The highest BCUT2D eigenvalue weighted by Crippen LogP contribution is 2.10. The number of aromatic nitrogens is 1. The molecule has 0 N–H and O–H groups in total. The molecule has 0 aliphatic carbocycles. The van der Waals surface area contributed by atoms with Crippen LogP contribution in [-0.2, 0) is 6.54 Å². The fourth-order valence-corrected chi connectivity index (χ4v) is 2.72. The minimum atomic E-state index is 0.140. The molecule has 0 aliphatic heterocycles. The Labute approximate surface area is 130 Å². The normalized spacial score (nSPS) is 10.9. The van der Waals surface area contributed by atoms with Crippen LogP contribution in [0.5, 0.6) is 0 Å². The van der Waals surface area contributed by atoms with Gasteiger partial charge in [0.2, 0.25) is 0 Å². The van der Waals surface area contributed by atoms with Crippen LogP contribution >= 0.6 is 22.6 Å². The van der Waals surface area contributed by atoms with Crippen LogP contribution in [0.1, 0.15) is 63.9 Å². The van der Waals surface area contributed by atoms with Gasteiger partial charge in [-0.1, -0.05) is 51.9 Å². The van der Waals surface area contributed by atoms with Gasteiger partial charge in [-0.15, -0.1) is 0 Å². The lowest BCUT2D eigenvalue weighted by Crippen LogP contribution is -2.19. The predicted octanol–water partition coefficient (Wildman–Crippen LogP) is 4.90. The topological polar surface area (TPSA) is 22.0 Å². The SMILES string of the molecule is CCCCCCCCCCn1cc(I)c(C)cc1=O. The van der Waals surface area contributed by atoms with Gasteiger partial charge in [0, 0.05) is 22.4 Å². The summed E-state index contributed by atoms with van der Waals surface area (Å²) < 4.78 is 3.03. The van der Waals surface area contributed by atoms with Crippen molar-refractivity contribution >= 4 is 22.6 Å². The van der Waals surface area contributed by atoms with Crippen molar-refractivity contribution in [2.24, 2.45) is 0 Å². The number of nitrogens with zero attached hydrogens (tertiary/aromatic N) is 1. The van der Waals surface area contributed by atoms with Crippen LogP contribution < -0.4 is 5.56 Å². The van der Waals surface area contributed by atoms with E-state index in [0.717, 1.165) is 18.5 Å². The lowest BCUT2D eigenvalue weighted by atomic mass is 10.1. The molecule has 108 valence electrons. The Morgan fingerprint density at radius 2 is 1.63 bits per heavy atom. The van der Waals surface area contributed by atoms with Gasteiger partial charge in [0.15, 0.2) is 0 Å². The summed E-state index contributed by atoms with van der Waals surface area (Å²) in [4.78, 5) is 11.8. The zero-order valence-corrected chi connectivity index (χ0v) is 14.4. The molecule has 0 unspecified atom stereocenters. The summed E-state index contributed by atoms with van der Waals surface area (Å²) in [5.41, 5.74) is 1.22. The van der Waals surface area contributed by atoms with Crippen molar-refractivity contribution in [1.29, 1.82) is 0 Å². The average Bonchev–Trinajstić information content (AvgIpc) is 2.38. The van der Waals surface area contributed by atoms with E-state index in [1.54, 1.807) is 6.07 Å². The van der Waals surface area contributed by atoms with Gasteiger partial charge in [0.1, 0.15) is 0 Å². The molecule has 0 radical (unpaired) electrons. The molecule has 1 rings (SSSR count). The summed E-state index contributed by atoms with van der Waals surface area (Å²) in [7, 11) is 0. The summed E-state index contributed by atoms with van der Waals surface area (Å²) in [6, 6.07) is 1.74. The summed E-state index contributed by atoms with van der Waals surface area (Å²) in [6.07, 6.45) is 12.4. The Kier molecular flexibility index (Phi) is 8.42. The summed E-state index contributed by atoms with van der Waals surface area (Å²) in [5, 5.41) is 0. The molecular weight excluding hydrogens is 349 g/mol. The van der Waals surface area contributed by atoms with Crippen molar-refractivity contribution < 1.29 is 0 Å². The molecule has 0 atom stereocenters. The van der Waals surface area contributed by atoms with Crippen LogP contribution in [0.15, 0.2) is 17.1 Å². The van der Waals surface area contributed by atoms with Crippen LogP contribution in [0.25, 0.3) is 0 Å². The van der Waals surface area contributed by atoms with E-state index in [0.29, 0.717) is 0 Å². The zero-order valence-electron chi connectivity index (χ0n) is 12.3. The maximum atomic E-state index is 11.8. The molecule has 0 fully saturated rings. The molecule has 0 aromatic carbocycles. The van der Waals surface area contributed by atoms with Gasteiger partial charge >= 0.3 is 0 Å². The van der Waals surface area contributed by atoms with Crippen molar-refractivity contribution in [3.8, 4) is 0 Å². The van der Waals surface area contributed by atoms with Gasteiger partial charge in [-0.3, -0.25) is 4.79 Å².